The van der Waals surface area contributed by atoms with E-state index in [1.165, 1.54) is 0 Å². The lowest BCUT2D eigenvalue weighted by Crippen LogP contribution is -2.40. The van der Waals surface area contributed by atoms with Crippen molar-refractivity contribution in [1.82, 2.24) is 4.90 Å². The van der Waals surface area contributed by atoms with Gasteiger partial charge in [0.25, 0.3) is 0 Å². The Bertz CT molecular complexity index is 1170. The Hall–Kier alpha value is -3.12. The number of ether oxygens (including phenoxy) is 2. The highest BCUT2D eigenvalue weighted by Crippen LogP contribution is 2.42. The zero-order valence-electron chi connectivity index (χ0n) is 19.5. The van der Waals surface area contributed by atoms with Gasteiger partial charge < -0.3 is 14.4 Å². The van der Waals surface area contributed by atoms with Crippen LogP contribution in [0.4, 0.5) is 0 Å². The zero-order valence-corrected chi connectivity index (χ0v) is 20.3. The minimum Gasteiger partial charge on any atom is -0.493 e. The third-order valence-electron chi connectivity index (χ3n) is 6.40. The van der Waals surface area contributed by atoms with Crippen LogP contribution >= 0.6 is 11.3 Å². The van der Waals surface area contributed by atoms with E-state index in [2.05, 4.69) is 6.07 Å². The van der Waals surface area contributed by atoms with Gasteiger partial charge in [0.2, 0.25) is 5.91 Å². The molecule has 0 saturated heterocycles. The summed E-state index contributed by atoms with van der Waals surface area (Å²) in [5.74, 6) is 1.34. The highest BCUT2D eigenvalue weighted by molar-refractivity contribution is 7.10. The maximum Gasteiger partial charge on any atom is 0.223 e. The molecule has 1 atom stereocenters. The second-order valence-electron chi connectivity index (χ2n) is 8.38. The number of carbonyl (C=O) groups is 2. The largest absolute Gasteiger partial charge is 0.493 e. The van der Waals surface area contributed by atoms with Crippen LogP contribution < -0.4 is 9.47 Å². The lowest BCUT2D eigenvalue weighted by molar-refractivity contribution is -0.133. The molecular formula is C27H29NO4S. The lowest BCUT2D eigenvalue weighted by atomic mass is 9.90. The van der Waals surface area contributed by atoms with E-state index in [1.54, 1.807) is 25.6 Å². The highest BCUT2D eigenvalue weighted by Gasteiger charge is 2.34. The molecule has 1 aromatic heterocycles. The van der Waals surface area contributed by atoms with Crippen LogP contribution in [-0.4, -0.2) is 37.4 Å². The molecule has 1 amide bonds. The van der Waals surface area contributed by atoms with Crippen LogP contribution in [0.2, 0.25) is 0 Å². The number of amides is 1. The third-order valence-corrected chi connectivity index (χ3v) is 7.33. The molecule has 33 heavy (non-hydrogen) atoms. The van der Waals surface area contributed by atoms with Gasteiger partial charge in [0.05, 0.1) is 20.3 Å². The number of Topliss-reactive ketones (excluding diaryl/α,β-unsaturated/α-hetero) is 1. The second kappa shape index (κ2) is 9.79. The van der Waals surface area contributed by atoms with Crippen molar-refractivity contribution < 1.29 is 19.1 Å². The van der Waals surface area contributed by atoms with Crippen LogP contribution in [0, 0.1) is 13.8 Å². The number of hydrogen-bond donors (Lipinski definition) is 0. The Labute approximate surface area is 199 Å². The van der Waals surface area contributed by atoms with Crippen molar-refractivity contribution in [1.29, 1.82) is 0 Å². The molecule has 0 spiro atoms. The van der Waals surface area contributed by atoms with Crippen LogP contribution in [0.15, 0.2) is 47.8 Å². The van der Waals surface area contributed by atoms with Crippen LogP contribution in [0.1, 0.15) is 56.4 Å². The molecule has 1 aliphatic heterocycles. The maximum atomic E-state index is 13.4. The van der Waals surface area contributed by atoms with Crippen molar-refractivity contribution in [2.45, 2.75) is 39.2 Å². The van der Waals surface area contributed by atoms with E-state index in [4.69, 9.17) is 9.47 Å². The molecule has 6 heteroatoms. The molecule has 172 valence electrons. The number of carbonyl (C=O) groups excluding carboxylic acids is 2. The molecule has 0 saturated carbocycles. The van der Waals surface area contributed by atoms with Crippen LogP contribution in [0.25, 0.3) is 0 Å². The van der Waals surface area contributed by atoms with Gasteiger partial charge in [-0.05, 0) is 72.2 Å². The molecule has 0 bridgehead atoms. The lowest BCUT2D eigenvalue weighted by Gasteiger charge is -2.37. The summed E-state index contributed by atoms with van der Waals surface area (Å²) in [6.07, 6.45) is 1.12. The quantitative estimate of drug-likeness (QED) is 0.433. The molecule has 0 aliphatic carbocycles. The Balaban J connectivity index is 1.58. The van der Waals surface area contributed by atoms with Crippen LogP contribution in [0.3, 0.4) is 0 Å². The van der Waals surface area contributed by atoms with Crippen molar-refractivity contribution in [2.24, 2.45) is 0 Å². The standard InChI is InChI=1S/C27H29NO4S/c1-17-7-8-20(14-18(17)2)22(29)9-10-26(30)28-12-11-19-15-23(31-3)24(32-4)16-21(19)27(28)25-6-5-13-33-25/h5-8,13-16,27H,9-12H2,1-4H3. The molecule has 0 radical (unpaired) electrons. The molecule has 0 fully saturated rings. The van der Waals surface area contributed by atoms with E-state index in [1.807, 2.05) is 60.5 Å². The fraction of sp³-hybridized carbons (Fsp3) is 0.333. The SMILES string of the molecule is COc1cc2c(cc1OC)C(c1cccs1)N(C(=O)CCC(=O)c1ccc(C)c(C)c1)CC2. The van der Waals surface area contributed by atoms with E-state index in [9.17, 15) is 9.59 Å². The Morgan fingerprint density at radius 1 is 1.00 bits per heavy atom. The minimum atomic E-state index is -0.197. The third kappa shape index (κ3) is 4.67. The predicted octanol–water partition coefficient (Wildman–Crippen LogP) is 5.52. The van der Waals surface area contributed by atoms with Gasteiger partial charge in [-0.25, -0.2) is 0 Å². The summed E-state index contributed by atoms with van der Waals surface area (Å²) in [5.41, 5.74) is 5.11. The number of benzene rings is 2. The number of methoxy groups -OCH3 is 2. The monoisotopic (exact) mass is 463 g/mol. The molecule has 1 aliphatic rings. The number of thiophene rings is 1. The van der Waals surface area contributed by atoms with Gasteiger partial charge >= 0.3 is 0 Å². The summed E-state index contributed by atoms with van der Waals surface area (Å²) in [4.78, 5) is 29.1. The Morgan fingerprint density at radius 2 is 1.76 bits per heavy atom. The van der Waals surface area contributed by atoms with Gasteiger partial charge in [-0.15, -0.1) is 11.3 Å². The van der Waals surface area contributed by atoms with Gasteiger partial charge in [-0.1, -0.05) is 18.2 Å². The van der Waals surface area contributed by atoms with Crippen molar-refractivity contribution in [3.05, 3.63) is 80.5 Å². The smallest absolute Gasteiger partial charge is 0.223 e. The molecule has 1 unspecified atom stereocenters. The average Bonchev–Trinajstić information content (AvgIpc) is 3.36. The summed E-state index contributed by atoms with van der Waals surface area (Å²) in [5, 5.41) is 2.02. The number of rotatable bonds is 7. The van der Waals surface area contributed by atoms with E-state index in [-0.39, 0.29) is 30.6 Å². The van der Waals surface area contributed by atoms with Crippen molar-refractivity contribution >= 4 is 23.0 Å². The molecular weight excluding hydrogens is 434 g/mol. The molecule has 3 aromatic rings. The van der Waals surface area contributed by atoms with E-state index in [0.29, 0.717) is 23.6 Å². The van der Waals surface area contributed by atoms with Gasteiger partial charge in [0.1, 0.15) is 0 Å². The maximum absolute atomic E-state index is 13.4. The molecule has 5 nitrogen and oxygen atoms in total. The number of hydrogen-bond acceptors (Lipinski definition) is 5. The average molecular weight is 464 g/mol. The summed E-state index contributed by atoms with van der Waals surface area (Å²) in [7, 11) is 3.25. The first kappa shape index (κ1) is 23.1. The summed E-state index contributed by atoms with van der Waals surface area (Å²) >= 11 is 1.63. The van der Waals surface area contributed by atoms with E-state index >= 15 is 0 Å². The summed E-state index contributed by atoms with van der Waals surface area (Å²) in [6.45, 7) is 4.62. The summed E-state index contributed by atoms with van der Waals surface area (Å²) in [6, 6.07) is 13.6. The van der Waals surface area contributed by atoms with Crippen LogP contribution in [-0.2, 0) is 11.2 Å². The first-order valence-electron chi connectivity index (χ1n) is 11.1. The fourth-order valence-electron chi connectivity index (χ4n) is 4.39. The number of ketones is 1. The number of aryl methyl sites for hydroxylation is 2. The predicted molar refractivity (Wildman–Crippen MR) is 131 cm³/mol. The van der Waals surface area contributed by atoms with Crippen LogP contribution in [0.5, 0.6) is 11.5 Å². The Morgan fingerprint density at radius 3 is 2.42 bits per heavy atom. The van der Waals surface area contributed by atoms with Crippen molar-refractivity contribution in [3.8, 4) is 11.5 Å². The fourth-order valence-corrected chi connectivity index (χ4v) is 5.25. The molecule has 0 N–H and O–H groups in total. The van der Waals surface area contributed by atoms with E-state index < -0.39 is 0 Å². The van der Waals surface area contributed by atoms with Crippen molar-refractivity contribution in [3.63, 3.8) is 0 Å². The molecule has 4 rings (SSSR count). The van der Waals surface area contributed by atoms with E-state index in [0.717, 1.165) is 33.6 Å². The van der Waals surface area contributed by atoms with Gasteiger partial charge in [0, 0.05) is 29.8 Å². The number of fused-ring (bicyclic) bond motifs is 1. The molecule has 2 heterocycles. The van der Waals surface area contributed by atoms with Gasteiger partial charge in [0.15, 0.2) is 17.3 Å². The first-order valence-corrected chi connectivity index (χ1v) is 12.0. The topological polar surface area (TPSA) is 55.8 Å². The minimum absolute atomic E-state index is 0.00272. The van der Waals surface area contributed by atoms with Gasteiger partial charge in [-0.2, -0.15) is 0 Å². The van der Waals surface area contributed by atoms with Crippen molar-refractivity contribution in [2.75, 3.05) is 20.8 Å². The Kier molecular flexibility index (Phi) is 6.84. The van der Waals surface area contributed by atoms with Gasteiger partial charge in [-0.3, -0.25) is 9.59 Å². The second-order valence-corrected chi connectivity index (χ2v) is 9.36. The normalized spacial score (nSPS) is 15.2. The zero-order chi connectivity index (χ0) is 23.5. The number of nitrogens with zero attached hydrogens (tertiary/aromatic N) is 1. The summed E-state index contributed by atoms with van der Waals surface area (Å²) < 4.78 is 11.0. The highest BCUT2D eigenvalue weighted by atomic mass is 32.1. The first-order chi connectivity index (χ1) is 15.9. The molecule has 2 aromatic carbocycles.